The van der Waals surface area contributed by atoms with Crippen LogP contribution < -0.4 is 0 Å². The molecule has 19 heavy (non-hydrogen) atoms. The number of amides is 1. The van der Waals surface area contributed by atoms with Crippen LogP contribution in [0, 0.1) is 0 Å². The van der Waals surface area contributed by atoms with E-state index in [2.05, 4.69) is 0 Å². The Morgan fingerprint density at radius 3 is 2.37 bits per heavy atom. The van der Waals surface area contributed by atoms with Crippen molar-refractivity contribution in [3.63, 3.8) is 0 Å². The summed E-state index contributed by atoms with van der Waals surface area (Å²) in [5.41, 5.74) is 0.706. The van der Waals surface area contributed by atoms with E-state index >= 15 is 0 Å². The molecule has 0 unspecified atom stereocenters. The van der Waals surface area contributed by atoms with Crippen molar-refractivity contribution < 1.29 is 14.7 Å². The van der Waals surface area contributed by atoms with E-state index < -0.39 is 5.97 Å². The summed E-state index contributed by atoms with van der Waals surface area (Å²) in [7, 11) is 1.54. The molecule has 0 saturated carbocycles. The number of hydrogen-bond donors (Lipinski definition) is 1. The molecule has 0 heterocycles. The van der Waals surface area contributed by atoms with Gasteiger partial charge in [-0.05, 0) is 29.8 Å². The highest BCUT2D eigenvalue weighted by atomic mass is 35.5. The normalized spacial score (nSPS) is 10.7. The Hall–Kier alpha value is -1.52. The van der Waals surface area contributed by atoms with E-state index in [1.807, 2.05) is 0 Å². The van der Waals surface area contributed by atoms with Crippen LogP contribution in [-0.2, 0) is 9.59 Å². The fraction of sp³-hybridized carbons (Fsp3) is 0.231. The lowest BCUT2D eigenvalue weighted by molar-refractivity contribution is -0.137. The molecule has 102 valence electrons. The van der Waals surface area contributed by atoms with Crippen LogP contribution in [0.3, 0.4) is 0 Å². The Morgan fingerprint density at radius 1 is 1.26 bits per heavy atom. The van der Waals surface area contributed by atoms with E-state index in [4.69, 9.17) is 28.3 Å². The number of benzene rings is 1. The van der Waals surface area contributed by atoms with Crippen molar-refractivity contribution in [2.24, 2.45) is 0 Å². The van der Waals surface area contributed by atoms with Gasteiger partial charge in [0.05, 0.1) is 6.42 Å². The van der Waals surface area contributed by atoms with Gasteiger partial charge < -0.3 is 10.0 Å². The average molecular weight is 302 g/mol. The molecule has 0 atom stereocenters. The number of carboxylic acids is 1. The van der Waals surface area contributed by atoms with Crippen LogP contribution in [0.4, 0.5) is 0 Å². The van der Waals surface area contributed by atoms with Crippen molar-refractivity contribution in [1.29, 1.82) is 0 Å². The molecule has 6 heteroatoms. The number of carboxylic acid groups (broad SMARTS) is 1. The number of rotatable bonds is 5. The Bertz CT molecular complexity index is 494. The van der Waals surface area contributed by atoms with Crippen LogP contribution in [0.15, 0.2) is 24.3 Å². The van der Waals surface area contributed by atoms with Gasteiger partial charge in [0.15, 0.2) is 0 Å². The maximum absolute atomic E-state index is 11.7. The summed E-state index contributed by atoms with van der Waals surface area (Å²) in [5.74, 6) is -1.22. The van der Waals surface area contributed by atoms with Gasteiger partial charge in [-0.25, -0.2) is 0 Å². The molecular formula is C13H13Cl2NO3. The van der Waals surface area contributed by atoms with Gasteiger partial charge in [0, 0.05) is 29.7 Å². The third kappa shape index (κ3) is 5.77. The molecule has 1 aromatic rings. The Morgan fingerprint density at radius 2 is 1.84 bits per heavy atom. The first-order valence-electron chi connectivity index (χ1n) is 5.49. The second-order valence-corrected chi connectivity index (χ2v) is 4.81. The molecule has 1 N–H and O–H groups in total. The molecule has 0 spiro atoms. The van der Waals surface area contributed by atoms with Crippen molar-refractivity contribution in [2.45, 2.75) is 6.42 Å². The number of aliphatic carboxylic acids is 1. The zero-order chi connectivity index (χ0) is 14.4. The number of halogens is 2. The number of hydrogen-bond acceptors (Lipinski definition) is 2. The molecule has 0 aliphatic carbocycles. The van der Waals surface area contributed by atoms with Crippen LogP contribution >= 0.6 is 23.2 Å². The second kappa shape index (κ2) is 7.16. The first-order valence-corrected chi connectivity index (χ1v) is 6.25. The van der Waals surface area contributed by atoms with Crippen LogP contribution in [0.1, 0.15) is 12.0 Å². The summed E-state index contributed by atoms with van der Waals surface area (Å²) in [6.45, 7) is 0.162. The molecule has 0 aliphatic rings. The van der Waals surface area contributed by atoms with E-state index in [0.29, 0.717) is 15.6 Å². The van der Waals surface area contributed by atoms with Gasteiger partial charge in [-0.15, -0.1) is 0 Å². The highest BCUT2D eigenvalue weighted by Gasteiger charge is 2.06. The summed E-state index contributed by atoms with van der Waals surface area (Å²) in [4.78, 5) is 23.4. The number of carbonyl (C=O) groups is 2. The predicted octanol–water partition coefficient (Wildman–Crippen LogP) is 2.94. The average Bonchev–Trinajstić information content (AvgIpc) is 2.31. The minimum absolute atomic E-state index is 0.0843. The van der Waals surface area contributed by atoms with Gasteiger partial charge in [0.2, 0.25) is 5.91 Å². The second-order valence-electron chi connectivity index (χ2n) is 3.94. The smallest absolute Gasteiger partial charge is 0.305 e. The van der Waals surface area contributed by atoms with Crippen LogP contribution in [0.2, 0.25) is 10.0 Å². The maximum Gasteiger partial charge on any atom is 0.305 e. The lowest BCUT2D eigenvalue weighted by Gasteiger charge is -2.13. The van der Waals surface area contributed by atoms with Crippen molar-refractivity contribution in [1.82, 2.24) is 4.90 Å². The molecule has 0 radical (unpaired) electrons. The quantitative estimate of drug-likeness (QED) is 0.851. The van der Waals surface area contributed by atoms with Crippen molar-refractivity contribution in [3.8, 4) is 0 Å². The third-order valence-electron chi connectivity index (χ3n) is 2.34. The van der Waals surface area contributed by atoms with Gasteiger partial charge in [0.25, 0.3) is 0 Å². The molecule has 1 aromatic carbocycles. The van der Waals surface area contributed by atoms with Crippen molar-refractivity contribution in [2.75, 3.05) is 13.6 Å². The van der Waals surface area contributed by atoms with E-state index in [-0.39, 0.29) is 18.9 Å². The van der Waals surface area contributed by atoms with E-state index in [9.17, 15) is 9.59 Å². The van der Waals surface area contributed by atoms with Gasteiger partial charge in [-0.3, -0.25) is 9.59 Å². The summed E-state index contributed by atoms with van der Waals surface area (Å²) in [6, 6.07) is 4.95. The van der Waals surface area contributed by atoms with Gasteiger partial charge in [-0.2, -0.15) is 0 Å². The fourth-order valence-electron chi connectivity index (χ4n) is 1.34. The summed E-state index contributed by atoms with van der Waals surface area (Å²) in [6.07, 6.45) is 2.85. The molecule has 0 aromatic heterocycles. The number of carbonyl (C=O) groups excluding carboxylic acids is 1. The Kier molecular flexibility index (Phi) is 5.86. The largest absolute Gasteiger partial charge is 0.481 e. The zero-order valence-corrected chi connectivity index (χ0v) is 11.8. The van der Waals surface area contributed by atoms with Crippen molar-refractivity contribution >= 4 is 41.2 Å². The highest BCUT2D eigenvalue weighted by molar-refractivity contribution is 6.34. The number of nitrogens with zero attached hydrogens (tertiary/aromatic N) is 1. The van der Waals surface area contributed by atoms with Gasteiger partial charge in [0.1, 0.15) is 0 Å². The molecule has 0 fully saturated rings. The monoisotopic (exact) mass is 301 g/mol. The van der Waals surface area contributed by atoms with Crippen LogP contribution in [0.25, 0.3) is 6.08 Å². The fourth-order valence-corrected chi connectivity index (χ4v) is 1.88. The van der Waals surface area contributed by atoms with Gasteiger partial charge >= 0.3 is 5.97 Å². The number of likely N-dealkylation sites (N-methyl/N-ethyl adjacent to an activating group) is 1. The minimum atomic E-state index is -0.940. The third-order valence-corrected chi connectivity index (χ3v) is 2.78. The Balaban J connectivity index is 2.64. The van der Waals surface area contributed by atoms with E-state index in [0.717, 1.165) is 0 Å². The summed E-state index contributed by atoms with van der Waals surface area (Å²) in [5, 5.41) is 9.50. The first kappa shape index (κ1) is 15.5. The van der Waals surface area contributed by atoms with Gasteiger partial charge in [-0.1, -0.05) is 23.2 Å². The van der Waals surface area contributed by atoms with Crippen LogP contribution in [0.5, 0.6) is 0 Å². The summed E-state index contributed by atoms with van der Waals surface area (Å²) < 4.78 is 0. The molecule has 0 aliphatic heterocycles. The standard InChI is InChI=1S/C13H13Cl2NO3/c1-16(5-4-13(18)19)12(17)3-2-9-6-10(14)8-11(15)7-9/h2-3,6-8H,4-5H2,1H3,(H,18,19). The summed E-state index contributed by atoms with van der Waals surface area (Å²) >= 11 is 11.7. The van der Waals surface area contributed by atoms with E-state index in [1.165, 1.54) is 11.0 Å². The molecule has 0 saturated heterocycles. The minimum Gasteiger partial charge on any atom is -0.481 e. The SMILES string of the molecule is CN(CCC(=O)O)C(=O)C=Cc1cc(Cl)cc(Cl)c1. The lowest BCUT2D eigenvalue weighted by Crippen LogP contribution is -2.27. The molecule has 0 bridgehead atoms. The molecule has 4 nitrogen and oxygen atoms in total. The molecule has 1 rings (SSSR count). The van der Waals surface area contributed by atoms with Crippen LogP contribution in [-0.4, -0.2) is 35.5 Å². The predicted molar refractivity (Wildman–Crippen MR) is 75.4 cm³/mol. The topological polar surface area (TPSA) is 57.6 Å². The van der Waals surface area contributed by atoms with E-state index in [1.54, 1.807) is 31.3 Å². The molecular weight excluding hydrogens is 289 g/mol. The lowest BCUT2D eigenvalue weighted by atomic mass is 10.2. The van der Waals surface area contributed by atoms with Crippen molar-refractivity contribution in [3.05, 3.63) is 39.9 Å². The highest BCUT2D eigenvalue weighted by Crippen LogP contribution is 2.19. The molecule has 1 amide bonds. The Labute approximate surface area is 121 Å². The zero-order valence-electron chi connectivity index (χ0n) is 10.3. The maximum atomic E-state index is 11.7. The first-order chi connectivity index (χ1) is 8.88.